The molecule has 0 saturated carbocycles. The summed E-state index contributed by atoms with van der Waals surface area (Å²) in [7, 11) is -3.63. The van der Waals surface area contributed by atoms with Crippen molar-refractivity contribution in [1.29, 1.82) is 0 Å². The maximum absolute atomic E-state index is 14.6. The summed E-state index contributed by atoms with van der Waals surface area (Å²) in [6.07, 6.45) is 1.91. The van der Waals surface area contributed by atoms with Crippen LogP contribution < -0.4 is 15.4 Å². The molecule has 29 heavy (non-hydrogen) atoms. The number of hydrogen-bond acceptors (Lipinski definition) is 6. The number of carbonyl (C=O) groups excluding carboxylic acids is 1. The molecule has 0 unspecified atom stereocenters. The first-order valence-corrected chi connectivity index (χ1v) is 10.8. The van der Waals surface area contributed by atoms with Gasteiger partial charge in [-0.05, 0) is 30.7 Å². The van der Waals surface area contributed by atoms with Gasteiger partial charge in [-0.1, -0.05) is 18.5 Å². The van der Waals surface area contributed by atoms with Gasteiger partial charge in [0.05, 0.1) is 29.9 Å². The minimum Gasteiger partial charge on any atom is -0.361 e. The molecule has 3 N–H and O–H groups in total. The van der Waals surface area contributed by atoms with Crippen molar-refractivity contribution in [2.75, 3.05) is 27.8 Å². The van der Waals surface area contributed by atoms with Gasteiger partial charge in [-0.15, -0.1) is 0 Å². The molecule has 0 radical (unpaired) electrons. The number of pyridine rings is 1. The van der Waals surface area contributed by atoms with E-state index in [4.69, 9.17) is 16.3 Å². The average molecular weight is 445 g/mol. The molecule has 1 aromatic heterocycles. The molecule has 0 aliphatic heterocycles. The first kappa shape index (κ1) is 22.9. The van der Waals surface area contributed by atoms with Gasteiger partial charge in [-0.25, -0.2) is 17.8 Å². The van der Waals surface area contributed by atoms with Gasteiger partial charge in [0, 0.05) is 17.5 Å². The number of halogens is 2. The molecule has 2 rings (SSSR count). The predicted molar refractivity (Wildman–Crippen MR) is 111 cm³/mol. The molecule has 0 bridgehead atoms. The molecule has 1 heterocycles. The fraction of sp³-hybridized carbons (Fsp3) is 0.333. The lowest BCUT2D eigenvalue weighted by Gasteiger charge is -2.13. The first-order valence-electron chi connectivity index (χ1n) is 8.74. The van der Waals surface area contributed by atoms with E-state index in [2.05, 4.69) is 20.3 Å². The van der Waals surface area contributed by atoms with Crippen LogP contribution in [0.1, 0.15) is 25.8 Å². The Labute approximate surface area is 173 Å². The Morgan fingerprint density at radius 3 is 2.66 bits per heavy atom. The molecule has 1 aromatic carbocycles. The van der Waals surface area contributed by atoms with E-state index in [1.165, 1.54) is 25.3 Å². The Morgan fingerprint density at radius 1 is 1.28 bits per heavy atom. The molecule has 0 fully saturated rings. The third-order valence-corrected chi connectivity index (χ3v) is 5.45. The number of hydrogen-bond donors (Lipinski definition) is 3. The summed E-state index contributed by atoms with van der Waals surface area (Å²) in [5, 5.41) is 5.60. The summed E-state index contributed by atoms with van der Waals surface area (Å²) in [5.41, 5.74) is 0.503. The van der Waals surface area contributed by atoms with E-state index in [1.54, 1.807) is 19.1 Å². The van der Waals surface area contributed by atoms with Crippen molar-refractivity contribution >= 4 is 44.7 Å². The second-order valence-corrected chi connectivity index (χ2v) is 8.34. The molecular weight excluding hydrogens is 423 g/mol. The number of ether oxygens (including phenoxy) is 1. The fourth-order valence-corrected chi connectivity index (χ4v) is 3.67. The number of nitrogens with zero attached hydrogens (tertiary/aromatic N) is 1. The monoisotopic (exact) mass is 444 g/mol. The van der Waals surface area contributed by atoms with E-state index in [9.17, 15) is 17.6 Å². The number of anilines is 3. The molecule has 1 amide bonds. The quantitative estimate of drug-likeness (QED) is 0.382. The summed E-state index contributed by atoms with van der Waals surface area (Å²) >= 11 is 6.03. The van der Waals surface area contributed by atoms with Crippen molar-refractivity contribution in [3.8, 4) is 0 Å². The van der Waals surface area contributed by atoms with Gasteiger partial charge < -0.3 is 15.4 Å². The lowest BCUT2D eigenvalue weighted by Crippen LogP contribution is -2.17. The zero-order valence-corrected chi connectivity index (χ0v) is 17.5. The van der Waals surface area contributed by atoms with Crippen LogP contribution in [0.3, 0.4) is 0 Å². The molecule has 0 saturated heterocycles. The Morgan fingerprint density at radius 2 is 2.03 bits per heavy atom. The van der Waals surface area contributed by atoms with Crippen molar-refractivity contribution in [2.45, 2.75) is 26.9 Å². The summed E-state index contributed by atoms with van der Waals surface area (Å²) in [5.74, 6) is -0.696. The number of amides is 1. The minimum atomic E-state index is -3.63. The summed E-state index contributed by atoms with van der Waals surface area (Å²) in [6.45, 7) is 2.96. The third kappa shape index (κ3) is 7.15. The van der Waals surface area contributed by atoms with E-state index in [0.29, 0.717) is 17.9 Å². The number of aromatic nitrogens is 1. The van der Waals surface area contributed by atoms with Crippen LogP contribution >= 0.6 is 11.6 Å². The van der Waals surface area contributed by atoms with Crippen molar-refractivity contribution in [3.05, 3.63) is 46.9 Å². The number of rotatable bonds is 10. The Balaban J connectivity index is 1.95. The summed E-state index contributed by atoms with van der Waals surface area (Å²) in [4.78, 5) is 15.0. The van der Waals surface area contributed by atoms with Crippen LogP contribution in [0, 0.1) is 5.82 Å². The SMILES string of the molecule is CCCS(=O)(=O)Nc1ccc(Cl)c(COCNc2ccc(NC(C)=O)nc2)c1F. The molecule has 0 aliphatic carbocycles. The number of benzene rings is 1. The average Bonchev–Trinajstić information content (AvgIpc) is 2.64. The van der Waals surface area contributed by atoms with Gasteiger partial charge in [0.15, 0.2) is 5.82 Å². The lowest BCUT2D eigenvalue weighted by atomic mass is 10.2. The summed E-state index contributed by atoms with van der Waals surface area (Å²) < 4.78 is 46.0. The molecule has 158 valence electrons. The Kier molecular flexibility index (Phi) is 8.18. The highest BCUT2D eigenvalue weighted by molar-refractivity contribution is 7.92. The molecular formula is C18H22ClFN4O4S. The van der Waals surface area contributed by atoms with Gasteiger partial charge in [-0.2, -0.15) is 0 Å². The molecule has 0 atom stereocenters. The highest BCUT2D eigenvalue weighted by atomic mass is 35.5. The minimum absolute atomic E-state index is 0.0305. The molecule has 11 heteroatoms. The zero-order valence-electron chi connectivity index (χ0n) is 16.0. The van der Waals surface area contributed by atoms with Crippen LogP contribution in [0.2, 0.25) is 5.02 Å². The Bertz CT molecular complexity index is 955. The largest absolute Gasteiger partial charge is 0.361 e. The number of nitrogens with one attached hydrogen (secondary N) is 3. The van der Waals surface area contributed by atoms with Gasteiger partial charge in [-0.3, -0.25) is 9.52 Å². The highest BCUT2D eigenvalue weighted by Gasteiger charge is 2.17. The van der Waals surface area contributed by atoms with Crippen LogP contribution in [-0.4, -0.2) is 31.8 Å². The summed E-state index contributed by atoms with van der Waals surface area (Å²) in [6, 6.07) is 5.99. The van der Waals surface area contributed by atoms with Gasteiger partial charge >= 0.3 is 0 Å². The van der Waals surface area contributed by atoms with Crippen LogP contribution in [0.5, 0.6) is 0 Å². The second-order valence-electron chi connectivity index (χ2n) is 6.09. The highest BCUT2D eigenvalue weighted by Crippen LogP contribution is 2.27. The van der Waals surface area contributed by atoms with Gasteiger partial charge in [0.25, 0.3) is 0 Å². The van der Waals surface area contributed by atoms with E-state index >= 15 is 0 Å². The van der Waals surface area contributed by atoms with E-state index < -0.39 is 15.8 Å². The molecule has 0 aliphatic rings. The van der Waals surface area contributed by atoms with Gasteiger partial charge in [0.1, 0.15) is 12.5 Å². The normalized spacial score (nSPS) is 11.2. The molecule has 0 spiro atoms. The van der Waals surface area contributed by atoms with Crippen molar-refractivity contribution < 1.29 is 22.3 Å². The maximum atomic E-state index is 14.6. The van der Waals surface area contributed by atoms with Crippen LogP contribution in [-0.2, 0) is 26.2 Å². The topological polar surface area (TPSA) is 109 Å². The zero-order chi connectivity index (χ0) is 21.4. The number of sulfonamides is 1. The third-order valence-electron chi connectivity index (χ3n) is 3.62. The van der Waals surface area contributed by atoms with E-state index in [-0.39, 0.29) is 41.3 Å². The first-order chi connectivity index (χ1) is 13.7. The van der Waals surface area contributed by atoms with E-state index in [1.807, 2.05) is 0 Å². The fourth-order valence-electron chi connectivity index (χ4n) is 2.34. The second kappa shape index (κ2) is 10.4. The van der Waals surface area contributed by atoms with E-state index in [0.717, 1.165) is 0 Å². The lowest BCUT2D eigenvalue weighted by molar-refractivity contribution is -0.114. The predicted octanol–water partition coefficient (Wildman–Crippen LogP) is 3.57. The van der Waals surface area contributed by atoms with Crippen LogP contribution in [0.4, 0.5) is 21.6 Å². The van der Waals surface area contributed by atoms with Crippen molar-refractivity contribution in [1.82, 2.24) is 4.98 Å². The number of carbonyl (C=O) groups is 1. The van der Waals surface area contributed by atoms with Crippen LogP contribution in [0.15, 0.2) is 30.5 Å². The van der Waals surface area contributed by atoms with Crippen LogP contribution in [0.25, 0.3) is 0 Å². The molecule has 8 nitrogen and oxygen atoms in total. The van der Waals surface area contributed by atoms with Crippen molar-refractivity contribution in [2.24, 2.45) is 0 Å². The standard InChI is InChI=1S/C18H22ClFN4O4S/c1-3-8-29(26,27)24-16-6-5-15(19)14(18(16)20)10-28-11-22-13-4-7-17(21-9-13)23-12(2)25/h4-7,9,22,24H,3,8,10-11H2,1-2H3,(H,21,23,25). The maximum Gasteiger partial charge on any atom is 0.232 e. The Hall–Kier alpha value is -2.43. The smallest absolute Gasteiger partial charge is 0.232 e. The molecule has 2 aromatic rings. The van der Waals surface area contributed by atoms with Crippen molar-refractivity contribution in [3.63, 3.8) is 0 Å². The van der Waals surface area contributed by atoms with Gasteiger partial charge in [0.2, 0.25) is 15.9 Å².